The molecule has 6 heteroatoms. The van der Waals surface area contributed by atoms with Crippen LogP contribution < -0.4 is 10.9 Å². The molecule has 3 rings (SSSR count). The van der Waals surface area contributed by atoms with Crippen molar-refractivity contribution in [3.05, 3.63) is 81.8 Å². The summed E-state index contributed by atoms with van der Waals surface area (Å²) in [6.07, 6.45) is 0. The lowest BCUT2D eigenvalue weighted by Gasteiger charge is -2.12. The van der Waals surface area contributed by atoms with E-state index in [1.807, 2.05) is 54.6 Å². The number of rotatable bonds is 4. The van der Waals surface area contributed by atoms with E-state index < -0.39 is 5.56 Å². The highest BCUT2D eigenvalue weighted by Gasteiger charge is 2.15. The van der Waals surface area contributed by atoms with Gasteiger partial charge in [0, 0.05) is 11.3 Å². The zero-order valence-corrected chi connectivity index (χ0v) is 15.1. The second kappa shape index (κ2) is 7.67. The molecule has 1 heterocycles. The Morgan fingerprint density at radius 2 is 1.78 bits per heavy atom. The summed E-state index contributed by atoms with van der Waals surface area (Å²) >= 11 is 0. The number of benzene rings is 2. The molecule has 1 N–H and O–H groups in total. The van der Waals surface area contributed by atoms with Crippen LogP contribution in [0.15, 0.2) is 59.4 Å². The molecule has 0 fully saturated rings. The van der Waals surface area contributed by atoms with Gasteiger partial charge in [-0.2, -0.15) is 10.4 Å². The minimum Gasteiger partial charge on any atom is -0.324 e. The van der Waals surface area contributed by atoms with E-state index in [4.69, 9.17) is 0 Å². The van der Waals surface area contributed by atoms with Crippen molar-refractivity contribution < 1.29 is 4.79 Å². The number of carbonyl (C=O) groups excluding carboxylic acids is 1. The largest absolute Gasteiger partial charge is 0.324 e. The third kappa shape index (κ3) is 3.77. The van der Waals surface area contributed by atoms with E-state index in [0.29, 0.717) is 16.9 Å². The van der Waals surface area contributed by atoms with Crippen molar-refractivity contribution in [2.75, 3.05) is 5.32 Å². The first kappa shape index (κ1) is 18.1. The van der Waals surface area contributed by atoms with Crippen LogP contribution in [-0.2, 0) is 11.3 Å². The molecule has 1 aromatic heterocycles. The first-order valence-corrected chi connectivity index (χ1v) is 8.44. The molecule has 0 bridgehead atoms. The first-order valence-electron chi connectivity index (χ1n) is 8.44. The monoisotopic (exact) mass is 358 g/mol. The van der Waals surface area contributed by atoms with Crippen LogP contribution in [0.2, 0.25) is 0 Å². The maximum absolute atomic E-state index is 12.5. The maximum Gasteiger partial charge on any atom is 0.285 e. The Morgan fingerprint density at radius 1 is 1.11 bits per heavy atom. The molecule has 0 aliphatic rings. The van der Waals surface area contributed by atoms with Crippen molar-refractivity contribution in [3.63, 3.8) is 0 Å². The van der Waals surface area contributed by atoms with Gasteiger partial charge in [0.1, 0.15) is 18.2 Å². The molecule has 0 aliphatic heterocycles. The standard InChI is InChI=1S/C21H18N4O2/c1-14-15(2)24-25(21(27)18(14)12-22)13-20(26)23-19-11-7-6-10-17(19)16-8-4-3-5-9-16/h3-11H,13H2,1-2H3,(H,23,26). The minimum atomic E-state index is -0.563. The van der Waals surface area contributed by atoms with Crippen molar-refractivity contribution in [1.82, 2.24) is 9.78 Å². The quantitative estimate of drug-likeness (QED) is 0.776. The zero-order valence-electron chi connectivity index (χ0n) is 15.1. The summed E-state index contributed by atoms with van der Waals surface area (Å²) in [4.78, 5) is 24.9. The van der Waals surface area contributed by atoms with E-state index in [1.54, 1.807) is 19.9 Å². The van der Waals surface area contributed by atoms with Crippen molar-refractivity contribution in [3.8, 4) is 17.2 Å². The van der Waals surface area contributed by atoms with E-state index in [2.05, 4.69) is 10.4 Å². The number of anilines is 1. The summed E-state index contributed by atoms with van der Waals surface area (Å²) in [5.74, 6) is -0.389. The van der Waals surface area contributed by atoms with Gasteiger partial charge in [-0.3, -0.25) is 9.59 Å². The molecule has 2 aromatic carbocycles. The van der Waals surface area contributed by atoms with E-state index >= 15 is 0 Å². The fourth-order valence-corrected chi connectivity index (χ4v) is 2.80. The Kier molecular flexibility index (Phi) is 5.13. The number of hydrogen-bond acceptors (Lipinski definition) is 4. The van der Waals surface area contributed by atoms with E-state index in [-0.39, 0.29) is 18.0 Å². The second-order valence-corrected chi connectivity index (χ2v) is 6.12. The van der Waals surface area contributed by atoms with Crippen molar-refractivity contribution in [1.29, 1.82) is 5.26 Å². The maximum atomic E-state index is 12.5. The first-order chi connectivity index (χ1) is 13.0. The highest BCUT2D eigenvalue weighted by atomic mass is 16.2. The number of nitrogens with zero attached hydrogens (tertiary/aromatic N) is 3. The number of carbonyl (C=O) groups is 1. The number of aromatic nitrogens is 2. The van der Waals surface area contributed by atoms with Gasteiger partial charge in [-0.15, -0.1) is 0 Å². The lowest BCUT2D eigenvalue weighted by atomic mass is 10.0. The molecule has 6 nitrogen and oxygen atoms in total. The average Bonchev–Trinajstić information content (AvgIpc) is 2.68. The van der Waals surface area contributed by atoms with Crippen LogP contribution in [0.4, 0.5) is 5.69 Å². The molecular weight excluding hydrogens is 340 g/mol. The molecule has 1 amide bonds. The van der Waals surface area contributed by atoms with Gasteiger partial charge in [0.25, 0.3) is 5.56 Å². The lowest BCUT2D eigenvalue weighted by molar-refractivity contribution is -0.117. The lowest BCUT2D eigenvalue weighted by Crippen LogP contribution is -2.32. The van der Waals surface area contributed by atoms with Crippen molar-refractivity contribution >= 4 is 11.6 Å². The molecule has 0 aliphatic carbocycles. The SMILES string of the molecule is Cc1nn(CC(=O)Nc2ccccc2-c2ccccc2)c(=O)c(C#N)c1C. The highest BCUT2D eigenvalue weighted by Crippen LogP contribution is 2.27. The van der Waals surface area contributed by atoms with Gasteiger partial charge < -0.3 is 5.32 Å². The normalized spacial score (nSPS) is 10.3. The predicted octanol–water partition coefficient (Wildman–Crippen LogP) is 3.04. The minimum absolute atomic E-state index is 0.0139. The Labute approximate surface area is 156 Å². The smallest absolute Gasteiger partial charge is 0.285 e. The molecular formula is C21H18N4O2. The van der Waals surface area contributed by atoms with E-state index in [9.17, 15) is 14.9 Å². The number of hydrogen-bond donors (Lipinski definition) is 1. The molecule has 0 unspecified atom stereocenters. The van der Waals surface area contributed by atoms with Crippen LogP contribution in [0.25, 0.3) is 11.1 Å². The Morgan fingerprint density at radius 3 is 2.48 bits per heavy atom. The Bertz CT molecular complexity index is 1100. The second-order valence-electron chi connectivity index (χ2n) is 6.12. The van der Waals surface area contributed by atoms with Gasteiger partial charge in [0.05, 0.1) is 5.69 Å². The summed E-state index contributed by atoms with van der Waals surface area (Å²) in [5.41, 5.74) is 3.03. The van der Waals surface area contributed by atoms with Crippen LogP contribution in [-0.4, -0.2) is 15.7 Å². The van der Waals surface area contributed by atoms with Gasteiger partial charge >= 0.3 is 0 Å². The summed E-state index contributed by atoms with van der Waals surface area (Å²) in [5, 5.41) is 16.2. The van der Waals surface area contributed by atoms with Crippen LogP contribution in [0, 0.1) is 25.2 Å². The van der Waals surface area contributed by atoms with Crippen LogP contribution in [0.5, 0.6) is 0 Å². The van der Waals surface area contributed by atoms with Gasteiger partial charge in [0.15, 0.2) is 0 Å². The number of para-hydroxylation sites is 1. The molecule has 0 atom stereocenters. The van der Waals surface area contributed by atoms with Gasteiger partial charge in [-0.1, -0.05) is 48.5 Å². The summed E-state index contributed by atoms with van der Waals surface area (Å²) in [6.45, 7) is 3.11. The summed E-state index contributed by atoms with van der Waals surface area (Å²) in [6, 6.07) is 19.0. The van der Waals surface area contributed by atoms with Crippen LogP contribution in [0.3, 0.4) is 0 Å². The Hall–Kier alpha value is -3.72. The molecule has 27 heavy (non-hydrogen) atoms. The van der Waals surface area contributed by atoms with Crippen molar-refractivity contribution in [2.24, 2.45) is 0 Å². The Balaban J connectivity index is 1.88. The molecule has 0 saturated heterocycles. The molecule has 134 valence electrons. The fraction of sp³-hybridized carbons (Fsp3) is 0.143. The van der Waals surface area contributed by atoms with Gasteiger partial charge in [-0.25, -0.2) is 4.68 Å². The van der Waals surface area contributed by atoms with Crippen molar-refractivity contribution in [2.45, 2.75) is 20.4 Å². The van der Waals surface area contributed by atoms with Gasteiger partial charge in [0.2, 0.25) is 5.91 Å². The summed E-state index contributed by atoms with van der Waals surface area (Å²) < 4.78 is 1.03. The highest BCUT2D eigenvalue weighted by molar-refractivity contribution is 5.95. The van der Waals surface area contributed by atoms with Gasteiger partial charge in [-0.05, 0) is 31.0 Å². The molecule has 0 radical (unpaired) electrons. The topological polar surface area (TPSA) is 87.8 Å². The molecule has 3 aromatic rings. The van der Waals surface area contributed by atoms with Crippen LogP contribution >= 0.6 is 0 Å². The molecule has 0 saturated carbocycles. The van der Waals surface area contributed by atoms with Crippen LogP contribution in [0.1, 0.15) is 16.8 Å². The molecule has 0 spiro atoms. The van der Waals surface area contributed by atoms with E-state index in [1.165, 1.54) is 0 Å². The zero-order chi connectivity index (χ0) is 19.4. The summed E-state index contributed by atoms with van der Waals surface area (Å²) in [7, 11) is 0. The fourth-order valence-electron chi connectivity index (χ4n) is 2.80. The third-order valence-electron chi connectivity index (χ3n) is 4.33. The number of amides is 1. The number of aryl methyl sites for hydroxylation is 1. The number of nitrogens with one attached hydrogen (secondary N) is 1. The third-order valence-corrected chi connectivity index (χ3v) is 4.33. The predicted molar refractivity (Wildman–Crippen MR) is 103 cm³/mol. The average molecular weight is 358 g/mol. The van der Waals surface area contributed by atoms with E-state index in [0.717, 1.165) is 15.8 Å². The number of nitriles is 1.